The zero-order chi connectivity index (χ0) is 31.1. The number of nitrogens with one attached hydrogen (secondary N) is 2. The molecule has 9 heteroatoms. The second kappa shape index (κ2) is 13.9. The highest BCUT2D eigenvalue weighted by molar-refractivity contribution is 6.17. The minimum atomic E-state index is -0.199. The number of carbonyl (C=O) groups is 1. The van der Waals surface area contributed by atoms with Crippen molar-refractivity contribution in [3.05, 3.63) is 78.1 Å². The number of nitrogens with zero attached hydrogens (tertiary/aromatic N) is 2. The summed E-state index contributed by atoms with van der Waals surface area (Å²) in [5, 5.41) is 8.76. The highest BCUT2D eigenvalue weighted by Crippen LogP contribution is 2.38. The number of pyridine rings is 1. The predicted octanol–water partition coefficient (Wildman–Crippen LogP) is 6.66. The third-order valence-electron chi connectivity index (χ3n) is 7.22. The van der Waals surface area contributed by atoms with Gasteiger partial charge in [-0.15, -0.1) is 0 Å². The van der Waals surface area contributed by atoms with Crippen LogP contribution in [-0.4, -0.2) is 56.7 Å². The Kier molecular flexibility index (Phi) is 9.77. The zero-order valence-electron chi connectivity index (χ0n) is 26.0. The highest BCUT2D eigenvalue weighted by Gasteiger charge is 2.24. The van der Waals surface area contributed by atoms with Gasteiger partial charge in [0, 0.05) is 47.9 Å². The molecule has 0 unspecified atom stereocenters. The summed E-state index contributed by atoms with van der Waals surface area (Å²) in [4.78, 5) is 22.1. The van der Waals surface area contributed by atoms with E-state index >= 15 is 0 Å². The summed E-state index contributed by atoms with van der Waals surface area (Å²) in [6.07, 6.45) is 4.48. The molecule has 0 bridgehead atoms. The number of hydrogen-bond donors (Lipinski definition) is 2. The molecule has 2 N–H and O–H groups in total. The Bertz CT molecular complexity index is 1710. The monoisotopic (exact) mass is 596 g/mol. The smallest absolute Gasteiger partial charge is 0.257 e. The van der Waals surface area contributed by atoms with Gasteiger partial charge in [-0.3, -0.25) is 9.78 Å². The van der Waals surface area contributed by atoms with E-state index in [9.17, 15) is 4.79 Å². The molecule has 3 aromatic carbocycles. The minimum absolute atomic E-state index is 0.0486. The van der Waals surface area contributed by atoms with Gasteiger partial charge in [0.15, 0.2) is 11.5 Å². The van der Waals surface area contributed by atoms with Crippen LogP contribution in [0.2, 0.25) is 0 Å². The molecule has 0 saturated heterocycles. The van der Waals surface area contributed by atoms with Gasteiger partial charge in [0.1, 0.15) is 17.3 Å². The van der Waals surface area contributed by atoms with Crippen molar-refractivity contribution in [3.8, 4) is 23.0 Å². The van der Waals surface area contributed by atoms with Crippen LogP contribution in [-0.2, 0) is 4.74 Å². The van der Waals surface area contributed by atoms with Crippen LogP contribution >= 0.6 is 0 Å². The van der Waals surface area contributed by atoms with E-state index in [0.29, 0.717) is 47.6 Å². The maximum absolute atomic E-state index is 13.1. The van der Waals surface area contributed by atoms with E-state index < -0.39 is 0 Å². The number of amidine groups is 1. The topological polar surface area (TPSA) is 103 Å². The largest absolute Gasteiger partial charge is 0.493 e. The fourth-order valence-electron chi connectivity index (χ4n) is 4.82. The Labute approximate surface area is 258 Å². The van der Waals surface area contributed by atoms with Crippen molar-refractivity contribution in [2.75, 3.05) is 40.0 Å². The van der Waals surface area contributed by atoms with Gasteiger partial charge in [0.2, 0.25) is 0 Å². The average Bonchev–Trinajstić information content (AvgIpc) is 2.98. The van der Waals surface area contributed by atoms with Crippen LogP contribution in [0.3, 0.4) is 0 Å². The van der Waals surface area contributed by atoms with Crippen molar-refractivity contribution in [1.82, 2.24) is 15.6 Å². The van der Waals surface area contributed by atoms with Crippen molar-refractivity contribution in [1.29, 1.82) is 0 Å². The van der Waals surface area contributed by atoms with Gasteiger partial charge in [0.05, 0.1) is 31.5 Å². The molecule has 5 rings (SSSR count). The molecule has 230 valence electrons. The number of aliphatic imine (C=N–C) groups is 1. The van der Waals surface area contributed by atoms with Crippen LogP contribution in [0.25, 0.3) is 21.7 Å². The molecule has 1 aliphatic heterocycles. The van der Waals surface area contributed by atoms with Crippen molar-refractivity contribution < 1.29 is 23.7 Å². The molecule has 4 aromatic rings. The Morgan fingerprint density at radius 3 is 2.55 bits per heavy atom. The Morgan fingerprint density at radius 1 is 0.932 bits per heavy atom. The Balaban J connectivity index is 1.28. The number of fused-ring (bicyclic) bond motifs is 2. The first-order chi connectivity index (χ1) is 21.3. The fourth-order valence-corrected chi connectivity index (χ4v) is 4.82. The van der Waals surface area contributed by atoms with Gasteiger partial charge in [0.25, 0.3) is 5.91 Å². The number of benzene rings is 3. The molecule has 2 heterocycles. The third-order valence-corrected chi connectivity index (χ3v) is 7.22. The van der Waals surface area contributed by atoms with Crippen LogP contribution in [0.1, 0.15) is 44.5 Å². The van der Waals surface area contributed by atoms with E-state index in [0.717, 1.165) is 53.5 Å². The molecule has 1 aliphatic rings. The second-order valence-corrected chi connectivity index (χ2v) is 11.5. The SMILES string of the molecule is CCOCCNCCCOc1cc2nccc(Oc3ccc4c(C(=O)NC5=NC(C(C)(C)C)=C5)cccc4c3)c2cc1OC. The molecular formula is C35H40N4O5. The number of methoxy groups -OCH3 is 1. The van der Waals surface area contributed by atoms with Crippen LogP contribution in [0, 0.1) is 5.41 Å². The molecule has 0 spiro atoms. The number of hydrogen-bond acceptors (Lipinski definition) is 8. The fraction of sp³-hybridized carbons (Fsp3) is 0.343. The molecule has 44 heavy (non-hydrogen) atoms. The molecule has 9 nitrogen and oxygen atoms in total. The molecule has 1 aromatic heterocycles. The lowest BCUT2D eigenvalue weighted by Gasteiger charge is -2.25. The molecule has 0 fully saturated rings. The number of allylic oxidation sites excluding steroid dienone is 1. The molecule has 1 amide bonds. The number of carbonyl (C=O) groups excluding carboxylic acids is 1. The van der Waals surface area contributed by atoms with Crippen LogP contribution in [0.5, 0.6) is 23.0 Å². The van der Waals surface area contributed by atoms with Gasteiger partial charge in [-0.1, -0.05) is 32.9 Å². The standard InChI is InChI=1S/C35H40N4O5/c1-6-42-18-16-36-14-8-17-43-31-21-28-27(20-30(31)41-5)29(13-15-37-28)44-24-11-12-25-23(19-24)9-7-10-26(25)34(40)39-33-22-32(38-33)35(2,3)4/h7,9-13,15,19-22,36H,6,8,14,16-18H2,1-5H3,(H,38,39,40). The first-order valence-electron chi connectivity index (χ1n) is 15.0. The van der Waals surface area contributed by atoms with Crippen molar-refractivity contribution in [3.63, 3.8) is 0 Å². The quantitative estimate of drug-likeness (QED) is 0.167. The van der Waals surface area contributed by atoms with Crippen LogP contribution < -0.4 is 24.8 Å². The summed E-state index contributed by atoms with van der Waals surface area (Å²) in [7, 11) is 1.62. The van der Waals surface area contributed by atoms with E-state index in [1.807, 2.05) is 67.6 Å². The van der Waals surface area contributed by atoms with E-state index in [2.05, 4.69) is 41.4 Å². The summed E-state index contributed by atoms with van der Waals surface area (Å²) >= 11 is 0. The third kappa shape index (κ3) is 7.35. The molecule has 0 aliphatic carbocycles. The molecule has 0 atom stereocenters. The second-order valence-electron chi connectivity index (χ2n) is 11.5. The number of rotatable bonds is 13. The summed E-state index contributed by atoms with van der Waals surface area (Å²) in [5.41, 5.74) is 2.22. The molecule has 0 radical (unpaired) electrons. The van der Waals surface area contributed by atoms with Crippen LogP contribution in [0.4, 0.5) is 0 Å². The summed E-state index contributed by atoms with van der Waals surface area (Å²) in [6.45, 7) is 11.9. The van der Waals surface area contributed by atoms with Crippen molar-refractivity contribution >= 4 is 33.4 Å². The maximum atomic E-state index is 13.1. The number of amides is 1. The lowest BCUT2D eigenvalue weighted by Crippen LogP contribution is -2.34. The first-order valence-corrected chi connectivity index (χ1v) is 15.0. The van der Waals surface area contributed by atoms with Gasteiger partial charge < -0.3 is 29.6 Å². The Hall–Kier alpha value is -4.47. The van der Waals surface area contributed by atoms with Crippen LogP contribution in [0.15, 0.2) is 77.6 Å². The minimum Gasteiger partial charge on any atom is -0.493 e. The summed E-state index contributed by atoms with van der Waals surface area (Å²) < 4.78 is 23.4. The normalized spacial score (nSPS) is 12.8. The van der Waals surface area contributed by atoms with Crippen molar-refractivity contribution in [2.45, 2.75) is 34.1 Å². The van der Waals surface area contributed by atoms with Gasteiger partial charge in [-0.25, -0.2) is 4.99 Å². The lowest BCUT2D eigenvalue weighted by molar-refractivity contribution is 0.0978. The number of aromatic nitrogens is 1. The lowest BCUT2D eigenvalue weighted by atomic mass is 9.90. The first kappa shape index (κ1) is 31.0. The zero-order valence-corrected chi connectivity index (χ0v) is 26.0. The van der Waals surface area contributed by atoms with Gasteiger partial charge >= 0.3 is 0 Å². The summed E-state index contributed by atoms with van der Waals surface area (Å²) in [5.74, 6) is 2.89. The maximum Gasteiger partial charge on any atom is 0.257 e. The molecular weight excluding hydrogens is 556 g/mol. The van der Waals surface area contributed by atoms with E-state index in [-0.39, 0.29) is 11.3 Å². The predicted molar refractivity (Wildman–Crippen MR) is 174 cm³/mol. The summed E-state index contributed by atoms with van der Waals surface area (Å²) in [6, 6.07) is 16.9. The average molecular weight is 597 g/mol. The van der Waals surface area contributed by atoms with E-state index in [1.54, 1.807) is 13.3 Å². The van der Waals surface area contributed by atoms with Gasteiger partial charge in [-0.2, -0.15) is 0 Å². The van der Waals surface area contributed by atoms with E-state index in [4.69, 9.17) is 18.9 Å². The number of ether oxygens (including phenoxy) is 4. The highest BCUT2D eigenvalue weighted by atomic mass is 16.5. The van der Waals surface area contributed by atoms with E-state index in [1.165, 1.54) is 0 Å². The Morgan fingerprint density at radius 2 is 1.77 bits per heavy atom. The van der Waals surface area contributed by atoms with Crippen molar-refractivity contribution in [2.24, 2.45) is 10.4 Å². The van der Waals surface area contributed by atoms with Gasteiger partial charge in [-0.05, 0) is 67.1 Å². The molecule has 0 saturated carbocycles.